The molecule has 0 fully saturated rings. The van der Waals surface area contributed by atoms with Gasteiger partial charge in [-0.25, -0.2) is 9.78 Å². The average molecular weight is 257 g/mol. The standard InChI is InChI=1S/C11H19N3O2S/c1-8-7-17-10(13-8)5-12-11(15)14(3)9(2)6-16-4/h7,9H,5-6H2,1-4H3,(H,12,15)/t9-/m0/s1. The molecule has 0 aliphatic rings. The topological polar surface area (TPSA) is 54.5 Å². The summed E-state index contributed by atoms with van der Waals surface area (Å²) in [7, 11) is 3.38. The maximum absolute atomic E-state index is 11.8. The normalized spacial score (nSPS) is 12.2. The van der Waals surface area contributed by atoms with E-state index in [9.17, 15) is 4.79 Å². The second-order valence-electron chi connectivity index (χ2n) is 3.96. The molecule has 1 aromatic heterocycles. The molecule has 0 aliphatic heterocycles. The molecule has 0 unspecified atom stereocenters. The lowest BCUT2D eigenvalue weighted by Gasteiger charge is -2.24. The largest absolute Gasteiger partial charge is 0.383 e. The summed E-state index contributed by atoms with van der Waals surface area (Å²) in [6.07, 6.45) is 0. The van der Waals surface area contributed by atoms with E-state index in [-0.39, 0.29) is 12.1 Å². The van der Waals surface area contributed by atoms with Crippen LogP contribution >= 0.6 is 11.3 Å². The highest BCUT2D eigenvalue weighted by Crippen LogP contribution is 2.08. The van der Waals surface area contributed by atoms with Gasteiger partial charge in [-0.15, -0.1) is 11.3 Å². The number of amides is 2. The molecular formula is C11H19N3O2S. The number of likely N-dealkylation sites (N-methyl/N-ethyl adjacent to an activating group) is 1. The molecule has 0 aliphatic carbocycles. The van der Waals surface area contributed by atoms with Gasteiger partial charge in [0.2, 0.25) is 0 Å². The maximum atomic E-state index is 11.8. The lowest BCUT2D eigenvalue weighted by Crippen LogP contribution is -2.43. The van der Waals surface area contributed by atoms with Crippen LogP contribution in [-0.4, -0.2) is 42.7 Å². The third-order valence-corrected chi connectivity index (χ3v) is 3.41. The number of thiazole rings is 1. The Bertz CT molecular complexity index is 367. The summed E-state index contributed by atoms with van der Waals surface area (Å²) in [5.41, 5.74) is 0.986. The van der Waals surface area contributed by atoms with Crippen LogP contribution in [0.25, 0.3) is 0 Å². The van der Waals surface area contributed by atoms with Crippen molar-refractivity contribution >= 4 is 17.4 Å². The minimum atomic E-state index is -0.109. The van der Waals surface area contributed by atoms with Gasteiger partial charge in [-0.1, -0.05) is 0 Å². The van der Waals surface area contributed by atoms with Crippen molar-refractivity contribution < 1.29 is 9.53 Å². The number of carbonyl (C=O) groups is 1. The molecule has 2 amide bonds. The van der Waals surface area contributed by atoms with Crippen molar-refractivity contribution in [2.24, 2.45) is 0 Å². The molecule has 1 atom stereocenters. The number of nitrogens with zero attached hydrogens (tertiary/aromatic N) is 2. The Hall–Kier alpha value is -1.14. The van der Waals surface area contributed by atoms with E-state index in [0.29, 0.717) is 13.2 Å². The van der Waals surface area contributed by atoms with Crippen LogP contribution in [0.1, 0.15) is 17.6 Å². The van der Waals surface area contributed by atoms with E-state index < -0.39 is 0 Å². The molecule has 17 heavy (non-hydrogen) atoms. The minimum absolute atomic E-state index is 0.0537. The number of aryl methyl sites for hydroxylation is 1. The Morgan fingerprint density at radius 1 is 1.71 bits per heavy atom. The Kier molecular flexibility index (Phi) is 5.37. The van der Waals surface area contributed by atoms with E-state index >= 15 is 0 Å². The van der Waals surface area contributed by atoms with Crippen molar-refractivity contribution in [1.29, 1.82) is 0 Å². The van der Waals surface area contributed by atoms with Gasteiger partial charge in [0.05, 0.1) is 19.2 Å². The van der Waals surface area contributed by atoms with Crippen LogP contribution in [0.3, 0.4) is 0 Å². The fourth-order valence-electron chi connectivity index (χ4n) is 1.31. The maximum Gasteiger partial charge on any atom is 0.317 e. The van der Waals surface area contributed by atoms with Gasteiger partial charge in [0.1, 0.15) is 5.01 Å². The highest BCUT2D eigenvalue weighted by atomic mass is 32.1. The van der Waals surface area contributed by atoms with Crippen LogP contribution in [0.4, 0.5) is 4.79 Å². The first-order valence-electron chi connectivity index (χ1n) is 5.45. The molecule has 1 heterocycles. The number of rotatable bonds is 5. The fraction of sp³-hybridized carbons (Fsp3) is 0.636. The van der Waals surface area contributed by atoms with E-state index in [1.165, 1.54) is 0 Å². The quantitative estimate of drug-likeness (QED) is 0.872. The fourth-order valence-corrected chi connectivity index (χ4v) is 2.02. The SMILES string of the molecule is COC[C@H](C)N(C)C(=O)NCc1nc(C)cs1. The highest BCUT2D eigenvalue weighted by Gasteiger charge is 2.15. The second kappa shape index (κ2) is 6.56. The zero-order valence-corrected chi connectivity index (χ0v) is 11.5. The molecule has 0 radical (unpaired) electrons. The first kappa shape index (κ1) is 13.9. The summed E-state index contributed by atoms with van der Waals surface area (Å²) in [6, 6.07) is -0.0552. The summed E-state index contributed by atoms with van der Waals surface area (Å²) in [5, 5.41) is 5.72. The average Bonchev–Trinajstić information content (AvgIpc) is 2.71. The van der Waals surface area contributed by atoms with Gasteiger partial charge >= 0.3 is 6.03 Å². The van der Waals surface area contributed by atoms with E-state index in [4.69, 9.17) is 4.74 Å². The number of ether oxygens (including phenoxy) is 1. The highest BCUT2D eigenvalue weighted by molar-refractivity contribution is 7.09. The molecule has 6 heteroatoms. The molecule has 0 saturated heterocycles. The number of hydrogen-bond acceptors (Lipinski definition) is 4. The van der Waals surface area contributed by atoms with Gasteiger partial charge < -0.3 is 15.0 Å². The Labute approximate surface area is 106 Å². The molecule has 96 valence electrons. The zero-order chi connectivity index (χ0) is 12.8. The van der Waals surface area contributed by atoms with Crippen molar-refractivity contribution in [2.45, 2.75) is 26.4 Å². The number of urea groups is 1. The summed E-state index contributed by atoms with van der Waals surface area (Å²) in [5.74, 6) is 0. The molecule has 0 bridgehead atoms. The number of nitrogens with one attached hydrogen (secondary N) is 1. The smallest absolute Gasteiger partial charge is 0.317 e. The Morgan fingerprint density at radius 2 is 2.41 bits per heavy atom. The molecule has 0 spiro atoms. The molecule has 1 aromatic rings. The lowest BCUT2D eigenvalue weighted by atomic mass is 10.3. The summed E-state index contributed by atoms with van der Waals surface area (Å²) < 4.78 is 5.01. The number of aromatic nitrogens is 1. The van der Waals surface area contributed by atoms with Crippen molar-refractivity contribution in [3.8, 4) is 0 Å². The second-order valence-corrected chi connectivity index (χ2v) is 4.90. The number of carbonyl (C=O) groups excluding carboxylic acids is 1. The van der Waals surface area contributed by atoms with Gasteiger partial charge in [-0.3, -0.25) is 0 Å². The summed E-state index contributed by atoms with van der Waals surface area (Å²) in [4.78, 5) is 17.7. The first-order valence-corrected chi connectivity index (χ1v) is 6.33. The molecule has 0 saturated carbocycles. The predicted octanol–water partition coefficient (Wildman–Crippen LogP) is 1.63. The summed E-state index contributed by atoms with van der Waals surface area (Å²) in [6.45, 7) is 4.88. The van der Waals surface area contributed by atoms with Gasteiger partial charge in [-0.05, 0) is 13.8 Å². The molecular weight excluding hydrogens is 238 g/mol. The van der Waals surface area contributed by atoms with Crippen LogP contribution in [0, 0.1) is 6.92 Å². The van der Waals surface area contributed by atoms with Gasteiger partial charge in [0.15, 0.2) is 0 Å². The van der Waals surface area contributed by atoms with Gasteiger partial charge in [-0.2, -0.15) is 0 Å². The third kappa shape index (κ3) is 4.32. The molecule has 1 N–H and O–H groups in total. The zero-order valence-electron chi connectivity index (χ0n) is 10.7. The summed E-state index contributed by atoms with van der Waals surface area (Å²) >= 11 is 1.55. The van der Waals surface area contributed by atoms with Crippen molar-refractivity contribution in [3.63, 3.8) is 0 Å². The van der Waals surface area contributed by atoms with Crippen LogP contribution in [0.15, 0.2) is 5.38 Å². The van der Waals surface area contributed by atoms with Gasteiger partial charge in [0.25, 0.3) is 0 Å². The van der Waals surface area contributed by atoms with E-state index in [1.54, 1.807) is 30.4 Å². The van der Waals surface area contributed by atoms with E-state index in [0.717, 1.165) is 10.7 Å². The van der Waals surface area contributed by atoms with Crippen LogP contribution in [0.2, 0.25) is 0 Å². The van der Waals surface area contributed by atoms with Crippen molar-refractivity contribution in [1.82, 2.24) is 15.2 Å². The molecule has 1 rings (SSSR count). The van der Waals surface area contributed by atoms with E-state index in [1.807, 2.05) is 19.2 Å². The molecule has 0 aromatic carbocycles. The first-order chi connectivity index (χ1) is 8.04. The van der Waals surface area contributed by atoms with E-state index in [2.05, 4.69) is 10.3 Å². The Balaban J connectivity index is 2.38. The number of hydrogen-bond donors (Lipinski definition) is 1. The van der Waals surface area contributed by atoms with Crippen molar-refractivity contribution in [2.75, 3.05) is 20.8 Å². The van der Waals surface area contributed by atoms with Crippen LogP contribution in [-0.2, 0) is 11.3 Å². The molecule has 5 nitrogen and oxygen atoms in total. The lowest BCUT2D eigenvalue weighted by molar-refractivity contribution is 0.123. The Morgan fingerprint density at radius 3 is 2.94 bits per heavy atom. The minimum Gasteiger partial charge on any atom is -0.383 e. The van der Waals surface area contributed by atoms with Crippen LogP contribution < -0.4 is 5.32 Å². The third-order valence-electron chi connectivity index (χ3n) is 2.45. The van der Waals surface area contributed by atoms with Crippen molar-refractivity contribution in [3.05, 3.63) is 16.1 Å². The predicted molar refractivity (Wildman–Crippen MR) is 68.2 cm³/mol. The van der Waals surface area contributed by atoms with Gasteiger partial charge in [0, 0.05) is 25.2 Å². The monoisotopic (exact) mass is 257 g/mol. The van der Waals surface area contributed by atoms with Crippen LogP contribution in [0.5, 0.6) is 0 Å². The number of methoxy groups -OCH3 is 1.